The standard InChI is InChI=1S/C17H22F4N2O2/c1-3-4-12(8-23-9-13(24)10-23)22(2)16(25)11-5-6-15(18)14(7-11)17(19,20)21/h5-7,12-13,24H,3-4,8-10H2,1-2H3. The zero-order valence-electron chi connectivity index (χ0n) is 14.2. The van der Waals surface area contributed by atoms with Crippen molar-refractivity contribution in [2.24, 2.45) is 0 Å². The summed E-state index contributed by atoms with van der Waals surface area (Å²) in [6, 6.07) is 2.11. The fourth-order valence-corrected chi connectivity index (χ4v) is 2.98. The Kier molecular flexibility index (Phi) is 6.05. The predicted molar refractivity (Wildman–Crippen MR) is 84.6 cm³/mol. The number of halogens is 4. The Morgan fingerprint density at radius 1 is 1.40 bits per heavy atom. The molecule has 0 radical (unpaired) electrons. The van der Waals surface area contributed by atoms with Gasteiger partial charge in [-0.1, -0.05) is 13.3 Å². The third kappa shape index (κ3) is 4.70. The second kappa shape index (κ2) is 7.70. The summed E-state index contributed by atoms with van der Waals surface area (Å²) in [5.41, 5.74) is -1.63. The van der Waals surface area contributed by atoms with E-state index in [4.69, 9.17) is 0 Å². The van der Waals surface area contributed by atoms with E-state index in [1.165, 1.54) is 11.9 Å². The van der Waals surface area contributed by atoms with Gasteiger partial charge in [-0.15, -0.1) is 0 Å². The fraction of sp³-hybridized carbons (Fsp3) is 0.588. The number of hydrogen-bond acceptors (Lipinski definition) is 3. The molecule has 1 aromatic carbocycles. The highest BCUT2D eigenvalue weighted by Crippen LogP contribution is 2.32. The average molecular weight is 362 g/mol. The normalized spacial score (nSPS) is 17.2. The predicted octanol–water partition coefficient (Wildman–Crippen LogP) is 2.76. The van der Waals surface area contributed by atoms with Crippen LogP contribution in [0.1, 0.15) is 35.7 Å². The molecule has 1 unspecified atom stereocenters. The second-order valence-electron chi connectivity index (χ2n) is 6.42. The molecular formula is C17H22F4N2O2. The molecule has 1 amide bonds. The number of rotatable bonds is 6. The number of β-amino-alcohol motifs (C(OH)–C–C–N with tert-alkyl or cyclic N) is 1. The van der Waals surface area contributed by atoms with E-state index in [0.717, 1.165) is 12.5 Å². The van der Waals surface area contributed by atoms with E-state index in [1.807, 2.05) is 11.8 Å². The van der Waals surface area contributed by atoms with Gasteiger partial charge in [0, 0.05) is 38.3 Å². The van der Waals surface area contributed by atoms with Crippen LogP contribution in [0.25, 0.3) is 0 Å². The van der Waals surface area contributed by atoms with Gasteiger partial charge in [-0.3, -0.25) is 9.69 Å². The lowest BCUT2D eigenvalue weighted by Gasteiger charge is -2.40. The number of likely N-dealkylation sites (N-methyl/N-ethyl adjacent to an activating group) is 1. The van der Waals surface area contributed by atoms with Gasteiger partial charge in [0.25, 0.3) is 5.91 Å². The number of likely N-dealkylation sites (tertiary alicyclic amines) is 1. The second-order valence-corrected chi connectivity index (χ2v) is 6.42. The van der Waals surface area contributed by atoms with E-state index in [2.05, 4.69) is 0 Å². The van der Waals surface area contributed by atoms with Gasteiger partial charge in [-0.25, -0.2) is 4.39 Å². The number of amides is 1. The van der Waals surface area contributed by atoms with Crippen LogP contribution >= 0.6 is 0 Å². The first-order valence-electron chi connectivity index (χ1n) is 8.17. The molecule has 0 aliphatic carbocycles. The molecule has 0 aromatic heterocycles. The van der Waals surface area contributed by atoms with Crippen LogP contribution < -0.4 is 0 Å². The van der Waals surface area contributed by atoms with Gasteiger partial charge >= 0.3 is 6.18 Å². The van der Waals surface area contributed by atoms with E-state index in [-0.39, 0.29) is 17.7 Å². The molecule has 4 nitrogen and oxygen atoms in total. The summed E-state index contributed by atoms with van der Waals surface area (Å²) in [5, 5.41) is 9.36. The Hall–Kier alpha value is -1.67. The monoisotopic (exact) mass is 362 g/mol. The maximum Gasteiger partial charge on any atom is 0.419 e. The SMILES string of the molecule is CCCC(CN1CC(O)C1)N(C)C(=O)c1ccc(F)c(C(F)(F)F)c1. The number of benzene rings is 1. The Morgan fingerprint density at radius 2 is 2.04 bits per heavy atom. The molecule has 0 bridgehead atoms. The maximum absolute atomic E-state index is 13.4. The molecule has 1 aliphatic rings. The Bertz CT molecular complexity index is 615. The van der Waals surface area contributed by atoms with Crippen LogP contribution in [-0.2, 0) is 6.18 Å². The van der Waals surface area contributed by atoms with Gasteiger partial charge in [-0.05, 0) is 24.6 Å². The molecule has 1 fully saturated rings. The molecule has 8 heteroatoms. The number of aliphatic hydroxyl groups excluding tert-OH is 1. The van der Waals surface area contributed by atoms with Gasteiger partial charge < -0.3 is 10.0 Å². The summed E-state index contributed by atoms with van der Waals surface area (Å²) in [6.07, 6.45) is -3.73. The lowest BCUT2D eigenvalue weighted by Crippen LogP contribution is -2.55. The summed E-state index contributed by atoms with van der Waals surface area (Å²) in [5.74, 6) is -1.98. The summed E-state index contributed by atoms with van der Waals surface area (Å²) in [4.78, 5) is 16.0. The van der Waals surface area contributed by atoms with E-state index in [1.54, 1.807) is 0 Å². The number of alkyl halides is 3. The van der Waals surface area contributed by atoms with Crippen LogP contribution in [0.3, 0.4) is 0 Å². The molecule has 1 N–H and O–H groups in total. The number of aliphatic hydroxyl groups is 1. The largest absolute Gasteiger partial charge is 0.419 e. The van der Waals surface area contributed by atoms with Crippen molar-refractivity contribution < 1.29 is 27.5 Å². The molecule has 1 heterocycles. The molecule has 1 atom stereocenters. The van der Waals surface area contributed by atoms with E-state index in [9.17, 15) is 27.5 Å². The van der Waals surface area contributed by atoms with E-state index < -0.39 is 23.5 Å². The molecular weight excluding hydrogens is 340 g/mol. The van der Waals surface area contributed by atoms with Crippen molar-refractivity contribution >= 4 is 5.91 Å². The summed E-state index contributed by atoms with van der Waals surface area (Å²) in [6.45, 7) is 3.55. The molecule has 2 rings (SSSR count). The molecule has 0 spiro atoms. The summed E-state index contributed by atoms with van der Waals surface area (Å²) < 4.78 is 51.9. The minimum atomic E-state index is -4.85. The number of carbonyl (C=O) groups excluding carboxylic acids is 1. The molecule has 140 valence electrons. The fourth-order valence-electron chi connectivity index (χ4n) is 2.98. The number of carbonyl (C=O) groups is 1. The molecule has 25 heavy (non-hydrogen) atoms. The van der Waals surface area contributed by atoms with Crippen LogP contribution in [-0.4, -0.2) is 59.6 Å². The van der Waals surface area contributed by atoms with Crippen LogP contribution in [0.2, 0.25) is 0 Å². The molecule has 1 aliphatic heterocycles. The Labute approximate surface area is 144 Å². The summed E-state index contributed by atoms with van der Waals surface area (Å²) >= 11 is 0. The van der Waals surface area contributed by atoms with E-state index >= 15 is 0 Å². The first kappa shape index (κ1) is 19.7. The lowest BCUT2D eigenvalue weighted by molar-refractivity contribution is -0.140. The van der Waals surface area contributed by atoms with Crippen LogP contribution in [0.5, 0.6) is 0 Å². The van der Waals surface area contributed by atoms with Crippen molar-refractivity contribution in [3.05, 3.63) is 35.1 Å². The van der Waals surface area contributed by atoms with Crippen LogP contribution in [0.15, 0.2) is 18.2 Å². The van der Waals surface area contributed by atoms with Gasteiger partial charge in [0.1, 0.15) is 5.82 Å². The first-order valence-corrected chi connectivity index (χ1v) is 8.17. The third-order valence-corrected chi connectivity index (χ3v) is 4.42. The smallest absolute Gasteiger partial charge is 0.390 e. The first-order chi connectivity index (χ1) is 11.6. The van der Waals surface area contributed by atoms with Gasteiger partial charge in [-0.2, -0.15) is 13.2 Å². The highest BCUT2D eigenvalue weighted by atomic mass is 19.4. The van der Waals surface area contributed by atoms with Gasteiger partial charge in [0.05, 0.1) is 11.7 Å². The quantitative estimate of drug-likeness (QED) is 0.792. The van der Waals surface area contributed by atoms with Gasteiger partial charge in [0.2, 0.25) is 0 Å². The minimum absolute atomic E-state index is 0.190. The average Bonchev–Trinajstić information content (AvgIpc) is 2.50. The van der Waals surface area contributed by atoms with Crippen LogP contribution in [0.4, 0.5) is 17.6 Å². The van der Waals surface area contributed by atoms with Gasteiger partial charge in [0.15, 0.2) is 0 Å². The third-order valence-electron chi connectivity index (χ3n) is 4.42. The van der Waals surface area contributed by atoms with Crippen molar-refractivity contribution in [1.29, 1.82) is 0 Å². The maximum atomic E-state index is 13.4. The zero-order valence-corrected chi connectivity index (χ0v) is 14.2. The highest BCUT2D eigenvalue weighted by Gasteiger charge is 2.35. The molecule has 1 saturated heterocycles. The summed E-state index contributed by atoms with van der Waals surface area (Å²) in [7, 11) is 1.54. The van der Waals surface area contributed by atoms with Crippen molar-refractivity contribution in [1.82, 2.24) is 9.80 Å². The number of hydrogen-bond donors (Lipinski definition) is 1. The van der Waals surface area contributed by atoms with Crippen molar-refractivity contribution in [2.75, 3.05) is 26.7 Å². The zero-order chi connectivity index (χ0) is 18.8. The van der Waals surface area contributed by atoms with Crippen molar-refractivity contribution in [3.63, 3.8) is 0 Å². The molecule has 0 saturated carbocycles. The highest BCUT2D eigenvalue weighted by molar-refractivity contribution is 5.94. The van der Waals surface area contributed by atoms with E-state index in [0.29, 0.717) is 38.2 Å². The lowest BCUT2D eigenvalue weighted by atomic mass is 10.0. The van der Waals surface area contributed by atoms with Crippen molar-refractivity contribution in [2.45, 2.75) is 38.1 Å². The minimum Gasteiger partial charge on any atom is -0.390 e. The molecule has 1 aromatic rings. The Balaban J connectivity index is 2.16. The Morgan fingerprint density at radius 3 is 2.56 bits per heavy atom. The number of nitrogens with zero attached hydrogens (tertiary/aromatic N) is 2. The van der Waals surface area contributed by atoms with Crippen LogP contribution in [0, 0.1) is 5.82 Å². The van der Waals surface area contributed by atoms with Crippen molar-refractivity contribution in [3.8, 4) is 0 Å². The topological polar surface area (TPSA) is 43.8 Å².